The molecule has 0 aromatic heterocycles. The van der Waals surface area contributed by atoms with Crippen molar-refractivity contribution in [1.82, 2.24) is 10.2 Å². The van der Waals surface area contributed by atoms with Gasteiger partial charge in [-0.1, -0.05) is 13.8 Å². The van der Waals surface area contributed by atoms with Crippen molar-refractivity contribution < 1.29 is 14.7 Å². The molecule has 1 unspecified atom stereocenters. The Bertz CT molecular complexity index is 264. The first-order chi connectivity index (χ1) is 7.73. The van der Waals surface area contributed by atoms with Gasteiger partial charge in [0.15, 0.2) is 0 Å². The Morgan fingerprint density at radius 1 is 1.18 bits per heavy atom. The molecule has 0 aliphatic carbocycles. The Labute approximate surface area is 103 Å². The second-order valence-electron chi connectivity index (χ2n) is 5.09. The number of hydrogen-bond donors (Lipinski definition) is 2. The van der Waals surface area contributed by atoms with E-state index in [-0.39, 0.29) is 24.5 Å². The smallest absolute Gasteiger partial charge is 0.317 e. The Morgan fingerprint density at radius 2 is 1.71 bits per heavy atom. The summed E-state index contributed by atoms with van der Waals surface area (Å²) < 4.78 is 0. The number of nitrogens with one attached hydrogen (secondary N) is 1. The average molecular weight is 244 g/mol. The highest BCUT2D eigenvalue weighted by Crippen LogP contribution is 2.05. The molecular weight excluding hydrogens is 220 g/mol. The van der Waals surface area contributed by atoms with Gasteiger partial charge < -0.3 is 15.3 Å². The fraction of sp³-hybridized carbons (Fsp3) is 0.833. The highest BCUT2D eigenvalue weighted by molar-refractivity contribution is 5.76. The van der Waals surface area contributed by atoms with Crippen LogP contribution in [0.1, 0.15) is 41.0 Å². The molecular formula is C12H24N2O3. The van der Waals surface area contributed by atoms with Crippen LogP contribution in [-0.4, -0.2) is 40.6 Å². The molecule has 0 saturated heterocycles. The molecule has 0 fully saturated rings. The summed E-state index contributed by atoms with van der Waals surface area (Å²) in [6.07, 6.45) is -0.0562. The molecule has 0 heterocycles. The van der Waals surface area contributed by atoms with E-state index in [0.717, 1.165) is 0 Å². The molecule has 0 aliphatic heterocycles. The van der Waals surface area contributed by atoms with Crippen LogP contribution in [0.25, 0.3) is 0 Å². The first-order valence-electron chi connectivity index (χ1n) is 6.03. The molecule has 0 saturated carbocycles. The van der Waals surface area contributed by atoms with Gasteiger partial charge in [0.25, 0.3) is 0 Å². The minimum Gasteiger partial charge on any atom is -0.481 e. The molecule has 0 bridgehead atoms. The molecule has 0 aromatic carbocycles. The van der Waals surface area contributed by atoms with E-state index < -0.39 is 5.97 Å². The lowest BCUT2D eigenvalue weighted by molar-refractivity contribution is -0.137. The van der Waals surface area contributed by atoms with Crippen LogP contribution in [0.4, 0.5) is 4.79 Å². The quantitative estimate of drug-likeness (QED) is 0.750. The zero-order valence-corrected chi connectivity index (χ0v) is 11.4. The predicted octanol–water partition coefficient (Wildman–Crippen LogP) is 1.93. The Balaban J connectivity index is 4.37. The van der Waals surface area contributed by atoms with Gasteiger partial charge in [-0.3, -0.25) is 4.79 Å². The van der Waals surface area contributed by atoms with Crippen molar-refractivity contribution in [2.24, 2.45) is 5.92 Å². The topological polar surface area (TPSA) is 69.6 Å². The SMILES string of the molecule is CC(C)CN(C(=O)NC(C)CC(=O)O)C(C)C. The van der Waals surface area contributed by atoms with Gasteiger partial charge >= 0.3 is 12.0 Å². The molecule has 5 nitrogen and oxygen atoms in total. The maximum absolute atomic E-state index is 11.9. The summed E-state index contributed by atoms with van der Waals surface area (Å²) in [6, 6.07) is -0.440. The molecule has 0 radical (unpaired) electrons. The molecule has 2 amide bonds. The number of carboxylic acid groups (broad SMARTS) is 1. The Kier molecular flexibility index (Phi) is 6.61. The molecule has 100 valence electrons. The minimum atomic E-state index is -0.905. The molecule has 1 atom stereocenters. The summed E-state index contributed by atoms with van der Waals surface area (Å²) in [6.45, 7) is 10.4. The van der Waals surface area contributed by atoms with Crippen molar-refractivity contribution in [3.63, 3.8) is 0 Å². The second kappa shape index (κ2) is 7.14. The molecule has 5 heteroatoms. The third-order valence-electron chi connectivity index (χ3n) is 2.30. The largest absolute Gasteiger partial charge is 0.481 e. The fourth-order valence-electron chi connectivity index (χ4n) is 1.53. The predicted molar refractivity (Wildman–Crippen MR) is 66.9 cm³/mol. The van der Waals surface area contributed by atoms with Gasteiger partial charge in [0.05, 0.1) is 6.42 Å². The van der Waals surface area contributed by atoms with E-state index in [4.69, 9.17) is 5.11 Å². The molecule has 0 spiro atoms. The number of carbonyl (C=O) groups is 2. The van der Waals surface area contributed by atoms with Crippen molar-refractivity contribution in [2.45, 2.75) is 53.1 Å². The summed E-state index contributed by atoms with van der Waals surface area (Å²) >= 11 is 0. The number of amides is 2. The van der Waals surface area contributed by atoms with Crippen LogP contribution in [-0.2, 0) is 4.79 Å². The van der Waals surface area contributed by atoms with Crippen molar-refractivity contribution in [1.29, 1.82) is 0 Å². The van der Waals surface area contributed by atoms with Crippen molar-refractivity contribution >= 4 is 12.0 Å². The van der Waals surface area contributed by atoms with E-state index in [1.165, 1.54) is 0 Å². The van der Waals surface area contributed by atoms with Crippen molar-refractivity contribution in [2.75, 3.05) is 6.54 Å². The van der Waals surface area contributed by atoms with E-state index in [1.54, 1.807) is 11.8 Å². The number of hydrogen-bond acceptors (Lipinski definition) is 2. The summed E-state index contributed by atoms with van der Waals surface area (Å²) in [5.74, 6) is -0.518. The van der Waals surface area contributed by atoms with Crippen LogP contribution in [0.3, 0.4) is 0 Å². The number of carboxylic acids is 1. The lowest BCUT2D eigenvalue weighted by Crippen LogP contribution is -2.48. The van der Waals surface area contributed by atoms with Crippen LogP contribution >= 0.6 is 0 Å². The summed E-state index contributed by atoms with van der Waals surface area (Å²) in [5.41, 5.74) is 0. The number of nitrogens with zero attached hydrogens (tertiary/aromatic N) is 1. The van der Waals surface area contributed by atoms with Crippen LogP contribution in [0.2, 0.25) is 0 Å². The molecule has 0 aromatic rings. The van der Waals surface area contributed by atoms with Crippen molar-refractivity contribution in [3.8, 4) is 0 Å². The molecule has 17 heavy (non-hydrogen) atoms. The van der Waals surface area contributed by atoms with Crippen LogP contribution in [0.15, 0.2) is 0 Å². The zero-order valence-electron chi connectivity index (χ0n) is 11.4. The molecule has 0 rings (SSSR count). The molecule has 0 aliphatic rings. The number of urea groups is 1. The van der Waals surface area contributed by atoms with E-state index in [1.807, 2.05) is 27.7 Å². The van der Waals surface area contributed by atoms with E-state index in [9.17, 15) is 9.59 Å². The van der Waals surface area contributed by atoms with Gasteiger partial charge in [-0.2, -0.15) is 0 Å². The Hall–Kier alpha value is -1.26. The van der Waals surface area contributed by atoms with Gasteiger partial charge in [0.2, 0.25) is 0 Å². The van der Waals surface area contributed by atoms with Crippen molar-refractivity contribution in [3.05, 3.63) is 0 Å². The van der Waals surface area contributed by atoms with Crippen LogP contribution in [0, 0.1) is 5.92 Å². The normalized spacial score (nSPS) is 12.6. The summed E-state index contributed by atoms with van der Waals surface area (Å²) in [4.78, 5) is 24.2. The number of rotatable bonds is 6. The first-order valence-corrected chi connectivity index (χ1v) is 6.03. The van der Waals surface area contributed by atoms with Crippen LogP contribution < -0.4 is 5.32 Å². The maximum atomic E-state index is 11.9. The zero-order chi connectivity index (χ0) is 13.6. The van der Waals surface area contributed by atoms with E-state index in [2.05, 4.69) is 5.32 Å². The number of carbonyl (C=O) groups excluding carboxylic acids is 1. The van der Waals surface area contributed by atoms with E-state index >= 15 is 0 Å². The minimum absolute atomic E-state index is 0.0562. The van der Waals surface area contributed by atoms with Gasteiger partial charge in [0.1, 0.15) is 0 Å². The van der Waals surface area contributed by atoms with Gasteiger partial charge in [0, 0.05) is 18.6 Å². The number of aliphatic carboxylic acids is 1. The van der Waals surface area contributed by atoms with Crippen LogP contribution in [0.5, 0.6) is 0 Å². The van der Waals surface area contributed by atoms with Gasteiger partial charge in [-0.15, -0.1) is 0 Å². The first kappa shape index (κ1) is 15.7. The fourth-order valence-corrected chi connectivity index (χ4v) is 1.53. The highest BCUT2D eigenvalue weighted by atomic mass is 16.4. The average Bonchev–Trinajstić information content (AvgIpc) is 2.11. The third kappa shape index (κ3) is 6.81. The van der Waals surface area contributed by atoms with E-state index in [0.29, 0.717) is 12.5 Å². The third-order valence-corrected chi connectivity index (χ3v) is 2.30. The molecule has 2 N–H and O–H groups in total. The monoisotopic (exact) mass is 244 g/mol. The Morgan fingerprint density at radius 3 is 2.06 bits per heavy atom. The lowest BCUT2D eigenvalue weighted by atomic mass is 10.2. The van der Waals surface area contributed by atoms with Gasteiger partial charge in [-0.05, 0) is 26.7 Å². The lowest BCUT2D eigenvalue weighted by Gasteiger charge is -2.29. The summed E-state index contributed by atoms with van der Waals surface area (Å²) in [7, 11) is 0. The maximum Gasteiger partial charge on any atom is 0.317 e. The summed E-state index contributed by atoms with van der Waals surface area (Å²) in [5, 5.41) is 11.3. The second-order valence-corrected chi connectivity index (χ2v) is 5.09. The highest BCUT2D eigenvalue weighted by Gasteiger charge is 2.20. The standard InChI is InChI=1S/C12H24N2O3/c1-8(2)7-14(9(3)4)12(17)13-10(5)6-11(15)16/h8-10H,6-7H2,1-5H3,(H,13,17)(H,15,16). The van der Waals surface area contributed by atoms with Gasteiger partial charge in [-0.25, -0.2) is 4.79 Å².